The fourth-order valence-electron chi connectivity index (χ4n) is 1.23. The van der Waals surface area contributed by atoms with E-state index in [1.165, 1.54) is 12.1 Å². The van der Waals surface area contributed by atoms with Crippen LogP contribution in [-0.4, -0.2) is 18.6 Å². The van der Waals surface area contributed by atoms with E-state index < -0.39 is 10.0 Å². The number of hydrogen-bond donors (Lipinski definition) is 2. The van der Waals surface area contributed by atoms with E-state index in [1.54, 1.807) is 19.1 Å². The summed E-state index contributed by atoms with van der Waals surface area (Å²) in [4.78, 5) is 0.0350. The lowest BCUT2D eigenvalue weighted by molar-refractivity contribution is 0.601. The summed E-state index contributed by atoms with van der Waals surface area (Å²) >= 11 is 1.16. The van der Waals surface area contributed by atoms with Crippen LogP contribution < -0.4 is 10.5 Å². The number of rotatable bonds is 3. The minimum Gasteiger partial charge on any atom is -0.398 e. The maximum atomic E-state index is 12.0. The number of nitrogens with zero attached hydrogens (tertiary/aromatic N) is 2. The number of aryl methyl sites for hydroxylation is 1. The van der Waals surface area contributed by atoms with E-state index in [0.717, 1.165) is 11.3 Å². The number of nitrogens with one attached hydrogen (secondary N) is 1. The van der Waals surface area contributed by atoms with Crippen molar-refractivity contribution in [2.24, 2.45) is 0 Å². The predicted molar refractivity (Wildman–Crippen MR) is 66.3 cm³/mol. The molecule has 0 bridgehead atoms. The van der Waals surface area contributed by atoms with Gasteiger partial charge in [0.05, 0.1) is 5.69 Å². The highest BCUT2D eigenvalue weighted by Gasteiger charge is 2.18. The first-order valence-corrected chi connectivity index (χ1v) is 6.96. The molecule has 0 aliphatic rings. The van der Waals surface area contributed by atoms with Crippen molar-refractivity contribution in [1.29, 1.82) is 0 Å². The zero-order valence-electron chi connectivity index (χ0n) is 8.91. The van der Waals surface area contributed by atoms with Crippen LogP contribution in [0, 0.1) is 6.92 Å². The Labute approximate surface area is 103 Å². The molecule has 6 nitrogen and oxygen atoms in total. The molecular formula is C9H10N4O2S2. The molecule has 1 heterocycles. The Hall–Kier alpha value is -1.67. The highest BCUT2D eigenvalue weighted by molar-refractivity contribution is 7.93. The predicted octanol–water partition coefficient (Wildman–Crippen LogP) is 1.23. The maximum absolute atomic E-state index is 12.0. The van der Waals surface area contributed by atoms with Crippen LogP contribution in [0.1, 0.15) is 5.01 Å². The number of benzene rings is 1. The van der Waals surface area contributed by atoms with Gasteiger partial charge in [-0.3, -0.25) is 4.72 Å². The number of nitrogen functional groups attached to an aromatic ring is 1. The summed E-state index contributed by atoms with van der Waals surface area (Å²) < 4.78 is 26.3. The summed E-state index contributed by atoms with van der Waals surface area (Å²) in [7, 11) is -3.70. The second-order valence-corrected chi connectivity index (χ2v) is 6.10. The summed E-state index contributed by atoms with van der Waals surface area (Å²) in [6, 6.07) is 6.24. The molecule has 0 fully saturated rings. The van der Waals surface area contributed by atoms with Gasteiger partial charge < -0.3 is 5.73 Å². The molecule has 0 radical (unpaired) electrons. The summed E-state index contributed by atoms with van der Waals surface area (Å²) in [5.41, 5.74) is 5.81. The van der Waals surface area contributed by atoms with Crippen LogP contribution >= 0.6 is 11.3 Å². The molecule has 0 unspecified atom stereocenters. The smallest absolute Gasteiger partial charge is 0.265 e. The quantitative estimate of drug-likeness (QED) is 0.817. The summed E-state index contributed by atoms with van der Waals surface area (Å²) in [5.74, 6) is 0. The molecule has 0 aliphatic heterocycles. The number of nitrogens with two attached hydrogens (primary N) is 1. The van der Waals surface area contributed by atoms with Gasteiger partial charge >= 0.3 is 0 Å². The molecule has 0 aliphatic carbocycles. The summed E-state index contributed by atoms with van der Waals surface area (Å²) in [5, 5.41) is 8.33. The lowest BCUT2D eigenvalue weighted by atomic mass is 10.3. The zero-order chi connectivity index (χ0) is 12.5. The Morgan fingerprint density at radius 2 is 2.00 bits per heavy atom. The Balaban J connectivity index is 2.35. The van der Waals surface area contributed by atoms with Gasteiger partial charge in [0, 0.05) is 0 Å². The van der Waals surface area contributed by atoms with Gasteiger partial charge in [0.25, 0.3) is 10.0 Å². The number of anilines is 2. The van der Waals surface area contributed by atoms with Gasteiger partial charge in [-0.1, -0.05) is 23.5 Å². The fraction of sp³-hybridized carbons (Fsp3) is 0.111. The second kappa shape index (κ2) is 4.30. The van der Waals surface area contributed by atoms with Gasteiger partial charge in [-0.25, -0.2) is 8.42 Å². The number of sulfonamides is 1. The molecule has 2 rings (SSSR count). The Kier molecular flexibility index (Phi) is 2.99. The molecule has 0 atom stereocenters. The first-order chi connectivity index (χ1) is 7.99. The monoisotopic (exact) mass is 270 g/mol. The van der Waals surface area contributed by atoms with Gasteiger partial charge in [-0.15, -0.1) is 10.2 Å². The van der Waals surface area contributed by atoms with Crippen molar-refractivity contribution in [2.75, 3.05) is 10.5 Å². The van der Waals surface area contributed by atoms with Gasteiger partial charge in [0.2, 0.25) is 5.13 Å². The molecule has 0 spiro atoms. The van der Waals surface area contributed by atoms with Crippen molar-refractivity contribution < 1.29 is 8.42 Å². The first kappa shape index (κ1) is 11.8. The first-order valence-electron chi connectivity index (χ1n) is 4.66. The normalized spacial score (nSPS) is 11.4. The van der Waals surface area contributed by atoms with Crippen LogP contribution in [0.4, 0.5) is 10.8 Å². The molecule has 2 aromatic rings. The van der Waals surface area contributed by atoms with E-state index in [4.69, 9.17) is 5.73 Å². The number of hydrogen-bond acceptors (Lipinski definition) is 6. The minimum absolute atomic E-state index is 0.0350. The lowest BCUT2D eigenvalue weighted by Crippen LogP contribution is -2.14. The van der Waals surface area contributed by atoms with Gasteiger partial charge in [0.15, 0.2) is 0 Å². The number of aromatic nitrogens is 2. The van der Waals surface area contributed by atoms with Crippen LogP contribution in [0.5, 0.6) is 0 Å². The second-order valence-electron chi connectivity index (χ2n) is 3.27. The van der Waals surface area contributed by atoms with Crippen LogP contribution in [0.25, 0.3) is 0 Å². The molecular weight excluding hydrogens is 260 g/mol. The lowest BCUT2D eigenvalue weighted by Gasteiger charge is -2.06. The van der Waals surface area contributed by atoms with E-state index in [1.807, 2.05) is 0 Å². The Morgan fingerprint density at radius 3 is 2.59 bits per heavy atom. The SMILES string of the molecule is Cc1nnc(NS(=O)(=O)c2ccccc2N)s1. The standard InChI is InChI=1S/C9H10N4O2S2/c1-6-11-12-9(16-6)13-17(14,15)8-5-3-2-4-7(8)10/h2-5H,10H2,1H3,(H,12,13). The van der Waals surface area contributed by atoms with E-state index in [2.05, 4.69) is 14.9 Å². The molecule has 8 heteroatoms. The molecule has 0 amide bonds. The molecule has 1 aromatic heterocycles. The fourth-order valence-corrected chi connectivity index (χ4v) is 3.19. The van der Waals surface area contributed by atoms with Gasteiger partial charge in [-0.05, 0) is 19.1 Å². The Bertz CT molecular complexity index is 636. The van der Waals surface area contributed by atoms with Crippen molar-refractivity contribution in [1.82, 2.24) is 10.2 Å². The van der Waals surface area contributed by atoms with Gasteiger partial charge in [0.1, 0.15) is 9.90 Å². The van der Waals surface area contributed by atoms with Crippen molar-refractivity contribution in [3.8, 4) is 0 Å². The van der Waals surface area contributed by atoms with E-state index in [9.17, 15) is 8.42 Å². The largest absolute Gasteiger partial charge is 0.398 e. The third-order valence-corrected chi connectivity index (χ3v) is 4.25. The molecule has 17 heavy (non-hydrogen) atoms. The van der Waals surface area contributed by atoms with Crippen LogP contribution in [0.2, 0.25) is 0 Å². The zero-order valence-corrected chi connectivity index (χ0v) is 10.5. The van der Waals surface area contributed by atoms with E-state index in [-0.39, 0.29) is 15.7 Å². The van der Waals surface area contributed by atoms with E-state index in [0.29, 0.717) is 5.01 Å². The average Bonchev–Trinajstić information content (AvgIpc) is 2.63. The van der Waals surface area contributed by atoms with Crippen LogP contribution in [0.15, 0.2) is 29.2 Å². The highest BCUT2D eigenvalue weighted by atomic mass is 32.2. The topological polar surface area (TPSA) is 98.0 Å². The molecule has 3 N–H and O–H groups in total. The summed E-state index contributed by atoms with van der Waals surface area (Å²) in [6.07, 6.45) is 0. The van der Waals surface area contributed by atoms with Crippen molar-refractivity contribution >= 4 is 32.2 Å². The van der Waals surface area contributed by atoms with Crippen LogP contribution in [0.3, 0.4) is 0 Å². The molecule has 1 aromatic carbocycles. The Morgan fingerprint density at radius 1 is 1.29 bits per heavy atom. The van der Waals surface area contributed by atoms with Crippen molar-refractivity contribution in [3.63, 3.8) is 0 Å². The van der Waals surface area contributed by atoms with Crippen molar-refractivity contribution in [2.45, 2.75) is 11.8 Å². The molecule has 90 valence electrons. The molecule has 0 saturated carbocycles. The van der Waals surface area contributed by atoms with E-state index >= 15 is 0 Å². The average molecular weight is 270 g/mol. The van der Waals surface area contributed by atoms with Crippen molar-refractivity contribution in [3.05, 3.63) is 29.3 Å². The number of para-hydroxylation sites is 1. The van der Waals surface area contributed by atoms with Gasteiger partial charge in [-0.2, -0.15) is 0 Å². The third-order valence-electron chi connectivity index (χ3n) is 1.96. The third kappa shape index (κ3) is 2.53. The minimum atomic E-state index is -3.70. The van der Waals surface area contributed by atoms with Crippen LogP contribution in [-0.2, 0) is 10.0 Å². The highest BCUT2D eigenvalue weighted by Crippen LogP contribution is 2.22. The molecule has 0 saturated heterocycles. The summed E-state index contributed by atoms with van der Waals surface area (Å²) in [6.45, 7) is 1.74. The maximum Gasteiger partial charge on any atom is 0.265 e.